The van der Waals surface area contributed by atoms with Crippen LogP contribution in [0.2, 0.25) is 0 Å². The zero-order valence-corrected chi connectivity index (χ0v) is 8.68. The summed E-state index contributed by atoms with van der Waals surface area (Å²) in [4.78, 5) is 10.4. The normalized spacial score (nSPS) is 19.8. The van der Waals surface area contributed by atoms with Crippen molar-refractivity contribution >= 4 is 5.91 Å². The minimum Gasteiger partial charge on any atom is -0.368 e. The maximum absolute atomic E-state index is 10.4. The maximum Gasteiger partial charge on any atom is 0.234 e. The number of carbonyl (C=O) groups excluding carboxylic acids is 1. The van der Waals surface area contributed by atoms with Crippen molar-refractivity contribution in [1.82, 2.24) is 5.32 Å². The van der Waals surface area contributed by atoms with Gasteiger partial charge in [0.15, 0.2) is 0 Å². The van der Waals surface area contributed by atoms with Crippen LogP contribution in [0.3, 0.4) is 0 Å². The molecule has 3 heteroatoms. The quantitative estimate of drug-likeness (QED) is 0.629. The van der Waals surface area contributed by atoms with E-state index in [9.17, 15) is 4.79 Å². The summed E-state index contributed by atoms with van der Waals surface area (Å²) in [6.45, 7) is 8.94. The number of rotatable bonds is 1. The minimum atomic E-state index is -0.220. The molecule has 1 heterocycles. The number of amides is 1. The van der Waals surface area contributed by atoms with Gasteiger partial charge < -0.3 is 11.1 Å². The molecular weight excluding hydrogens is 152 g/mol. The first-order valence-corrected chi connectivity index (χ1v) is 4.83. The fourth-order valence-corrected chi connectivity index (χ4v) is 0.927. The Morgan fingerprint density at radius 1 is 1.33 bits per heavy atom. The largest absolute Gasteiger partial charge is 0.368 e. The van der Waals surface area contributed by atoms with Crippen LogP contribution < -0.4 is 11.1 Å². The third-order valence-corrected chi connectivity index (χ3v) is 1.40. The Bertz CT molecular complexity index is 98.7. The minimum absolute atomic E-state index is 0.0463. The molecule has 0 aromatic carbocycles. The van der Waals surface area contributed by atoms with E-state index in [4.69, 9.17) is 5.73 Å². The lowest BCUT2D eigenvalue weighted by atomic mass is 10.2. The number of primary amides is 1. The van der Waals surface area contributed by atoms with E-state index in [0.717, 1.165) is 19.4 Å². The molecule has 1 aliphatic rings. The molecule has 74 valence electrons. The molecule has 1 aliphatic heterocycles. The van der Waals surface area contributed by atoms with Gasteiger partial charge in [-0.15, -0.1) is 0 Å². The van der Waals surface area contributed by atoms with Gasteiger partial charge in [-0.25, -0.2) is 0 Å². The molecule has 0 spiro atoms. The van der Waals surface area contributed by atoms with Crippen molar-refractivity contribution in [3.8, 4) is 0 Å². The second kappa shape index (κ2) is 10.4. The average molecular weight is 174 g/mol. The van der Waals surface area contributed by atoms with Crippen LogP contribution in [0.15, 0.2) is 0 Å². The first-order valence-electron chi connectivity index (χ1n) is 4.83. The summed E-state index contributed by atoms with van der Waals surface area (Å²) in [6.07, 6.45) is 1.99. The number of nitrogens with one attached hydrogen (secondary N) is 1. The Morgan fingerprint density at radius 3 is 2.00 bits per heavy atom. The molecule has 0 aliphatic carbocycles. The molecule has 0 saturated carbocycles. The lowest BCUT2D eigenvalue weighted by molar-refractivity contribution is -0.119. The summed E-state index contributed by atoms with van der Waals surface area (Å²) in [5.74, 6) is -0.220. The predicted molar refractivity (Wildman–Crippen MR) is 52.9 cm³/mol. The first kappa shape index (κ1) is 14.0. The number of carbonyl (C=O) groups is 1. The molecule has 1 unspecified atom stereocenters. The molecule has 1 amide bonds. The lowest BCUT2D eigenvalue weighted by Crippen LogP contribution is -2.36. The van der Waals surface area contributed by atoms with Gasteiger partial charge in [0.05, 0.1) is 6.04 Å². The predicted octanol–water partition coefficient (Wildman–Crippen LogP) is 1.28. The highest BCUT2D eigenvalue weighted by Gasteiger charge is 2.18. The molecular formula is C9H22N2O. The average Bonchev–Trinajstić information content (AvgIpc) is 2.64. The van der Waals surface area contributed by atoms with Crippen LogP contribution >= 0.6 is 0 Å². The van der Waals surface area contributed by atoms with Gasteiger partial charge in [-0.1, -0.05) is 27.7 Å². The van der Waals surface area contributed by atoms with Crippen LogP contribution in [-0.4, -0.2) is 18.5 Å². The van der Waals surface area contributed by atoms with Crippen LogP contribution in [0.4, 0.5) is 0 Å². The third kappa shape index (κ3) is 6.16. The van der Waals surface area contributed by atoms with Gasteiger partial charge in [0, 0.05) is 0 Å². The van der Waals surface area contributed by atoms with E-state index in [1.807, 2.05) is 27.7 Å². The Hall–Kier alpha value is -0.570. The monoisotopic (exact) mass is 174 g/mol. The SMILES string of the molecule is CC.CC.NC(=O)C1CCCN1. The van der Waals surface area contributed by atoms with Crippen molar-refractivity contribution in [3.05, 3.63) is 0 Å². The fourth-order valence-electron chi connectivity index (χ4n) is 0.927. The van der Waals surface area contributed by atoms with E-state index < -0.39 is 0 Å². The summed E-state index contributed by atoms with van der Waals surface area (Å²) in [5.41, 5.74) is 5.00. The van der Waals surface area contributed by atoms with Crippen molar-refractivity contribution in [2.24, 2.45) is 5.73 Å². The van der Waals surface area contributed by atoms with Gasteiger partial charge in [-0.05, 0) is 19.4 Å². The molecule has 1 atom stereocenters. The van der Waals surface area contributed by atoms with Crippen LogP contribution in [0.1, 0.15) is 40.5 Å². The molecule has 1 saturated heterocycles. The van der Waals surface area contributed by atoms with E-state index in [-0.39, 0.29) is 11.9 Å². The van der Waals surface area contributed by atoms with Crippen LogP contribution in [0.25, 0.3) is 0 Å². The summed E-state index contributed by atoms with van der Waals surface area (Å²) >= 11 is 0. The summed E-state index contributed by atoms with van der Waals surface area (Å²) in [5, 5.41) is 2.98. The fraction of sp³-hybridized carbons (Fsp3) is 0.889. The molecule has 3 N–H and O–H groups in total. The molecule has 1 rings (SSSR count). The molecule has 3 nitrogen and oxygen atoms in total. The van der Waals surface area contributed by atoms with Crippen LogP contribution in [0.5, 0.6) is 0 Å². The molecule has 0 radical (unpaired) electrons. The highest BCUT2D eigenvalue weighted by Crippen LogP contribution is 2.02. The molecule has 12 heavy (non-hydrogen) atoms. The number of hydrogen-bond acceptors (Lipinski definition) is 2. The summed E-state index contributed by atoms with van der Waals surface area (Å²) < 4.78 is 0. The second-order valence-corrected chi connectivity index (χ2v) is 2.05. The highest BCUT2D eigenvalue weighted by atomic mass is 16.1. The van der Waals surface area contributed by atoms with Gasteiger partial charge in [-0.2, -0.15) is 0 Å². The zero-order valence-electron chi connectivity index (χ0n) is 8.68. The van der Waals surface area contributed by atoms with Crippen molar-refractivity contribution in [1.29, 1.82) is 0 Å². The second-order valence-electron chi connectivity index (χ2n) is 2.05. The van der Waals surface area contributed by atoms with Crippen LogP contribution in [-0.2, 0) is 4.79 Å². The lowest BCUT2D eigenvalue weighted by Gasteiger charge is -2.01. The Morgan fingerprint density at radius 2 is 1.83 bits per heavy atom. The van der Waals surface area contributed by atoms with E-state index in [0.29, 0.717) is 0 Å². The smallest absolute Gasteiger partial charge is 0.234 e. The molecule has 0 bridgehead atoms. The van der Waals surface area contributed by atoms with Crippen LogP contribution in [0, 0.1) is 0 Å². The van der Waals surface area contributed by atoms with Gasteiger partial charge in [0.1, 0.15) is 0 Å². The van der Waals surface area contributed by atoms with E-state index >= 15 is 0 Å². The highest BCUT2D eigenvalue weighted by molar-refractivity contribution is 5.80. The standard InChI is InChI=1S/C5H10N2O.2C2H6/c6-5(8)4-2-1-3-7-4;2*1-2/h4,7H,1-3H2,(H2,6,8);2*1-2H3. The maximum atomic E-state index is 10.4. The first-order chi connectivity index (χ1) is 5.80. The zero-order chi connectivity index (χ0) is 9.98. The Balaban J connectivity index is 0. The third-order valence-electron chi connectivity index (χ3n) is 1.40. The van der Waals surface area contributed by atoms with Gasteiger partial charge in [-0.3, -0.25) is 4.79 Å². The van der Waals surface area contributed by atoms with Crippen molar-refractivity contribution in [2.75, 3.05) is 6.54 Å². The molecule has 1 fully saturated rings. The molecule has 0 aromatic rings. The topological polar surface area (TPSA) is 55.1 Å². The van der Waals surface area contributed by atoms with Crippen molar-refractivity contribution in [3.63, 3.8) is 0 Å². The van der Waals surface area contributed by atoms with Crippen molar-refractivity contribution in [2.45, 2.75) is 46.6 Å². The van der Waals surface area contributed by atoms with E-state index in [1.54, 1.807) is 0 Å². The Kier molecular flexibility index (Phi) is 12.2. The van der Waals surface area contributed by atoms with Gasteiger partial charge >= 0.3 is 0 Å². The Labute approximate surface area is 75.7 Å². The van der Waals surface area contributed by atoms with E-state index in [2.05, 4.69) is 5.32 Å². The number of hydrogen-bond donors (Lipinski definition) is 2. The summed E-state index contributed by atoms with van der Waals surface area (Å²) in [6, 6.07) is -0.0463. The summed E-state index contributed by atoms with van der Waals surface area (Å²) in [7, 11) is 0. The van der Waals surface area contributed by atoms with Gasteiger partial charge in [0.25, 0.3) is 0 Å². The van der Waals surface area contributed by atoms with Gasteiger partial charge in [0.2, 0.25) is 5.91 Å². The van der Waals surface area contributed by atoms with Crippen molar-refractivity contribution < 1.29 is 4.79 Å². The van der Waals surface area contributed by atoms with E-state index in [1.165, 1.54) is 0 Å². The number of nitrogens with two attached hydrogens (primary N) is 1. The molecule has 0 aromatic heterocycles.